The predicted octanol–water partition coefficient (Wildman–Crippen LogP) is 1.64. The van der Waals surface area contributed by atoms with E-state index < -0.39 is 0 Å². The third-order valence-corrected chi connectivity index (χ3v) is 3.21. The van der Waals surface area contributed by atoms with Crippen LogP contribution in [0.25, 0.3) is 0 Å². The van der Waals surface area contributed by atoms with Crippen molar-refractivity contribution in [3.63, 3.8) is 0 Å². The van der Waals surface area contributed by atoms with E-state index in [1.165, 1.54) is 0 Å². The molecule has 2 heterocycles. The van der Waals surface area contributed by atoms with Crippen LogP contribution in [0.4, 0.5) is 0 Å². The van der Waals surface area contributed by atoms with Crippen LogP contribution in [0, 0.1) is 6.92 Å². The van der Waals surface area contributed by atoms with Crippen LogP contribution in [0.15, 0.2) is 12.1 Å². The lowest BCUT2D eigenvalue weighted by Gasteiger charge is -2.23. The summed E-state index contributed by atoms with van der Waals surface area (Å²) >= 11 is 5.84. The van der Waals surface area contributed by atoms with Crippen LogP contribution in [-0.4, -0.2) is 40.1 Å². The van der Waals surface area contributed by atoms with Crippen molar-refractivity contribution in [2.45, 2.75) is 25.8 Å². The van der Waals surface area contributed by atoms with E-state index in [9.17, 15) is 9.90 Å². The Morgan fingerprint density at radius 3 is 3.06 bits per heavy atom. The van der Waals surface area contributed by atoms with E-state index in [1.54, 1.807) is 24.0 Å². The number of aliphatic hydroxyl groups excluding tert-OH is 1. The Morgan fingerprint density at radius 1 is 1.65 bits per heavy atom. The molecule has 1 aromatic heterocycles. The van der Waals surface area contributed by atoms with Gasteiger partial charge in [-0.2, -0.15) is 0 Å². The Labute approximate surface area is 105 Å². The van der Waals surface area contributed by atoms with E-state index in [1.807, 2.05) is 0 Å². The largest absolute Gasteiger partial charge is 0.394 e. The highest BCUT2D eigenvalue weighted by atomic mass is 35.5. The zero-order chi connectivity index (χ0) is 12.4. The van der Waals surface area contributed by atoms with Crippen LogP contribution in [0.3, 0.4) is 0 Å². The van der Waals surface area contributed by atoms with Gasteiger partial charge in [0.15, 0.2) is 0 Å². The Balaban J connectivity index is 2.24. The van der Waals surface area contributed by atoms with Gasteiger partial charge in [-0.25, -0.2) is 4.98 Å². The minimum Gasteiger partial charge on any atom is -0.394 e. The molecule has 4 nitrogen and oxygen atoms in total. The van der Waals surface area contributed by atoms with Crippen molar-refractivity contribution >= 4 is 17.5 Å². The molecular formula is C12H15ClN2O2. The third kappa shape index (κ3) is 2.58. The van der Waals surface area contributed by atoms with E-state index in [0.29, 0.717) is 17.3 Å². The van der Waals surface area contributed by atoms with Crippen molar-refractivity contribution in [3.8, 4) is 0 Å². The molecule has 1 aliphatic rings. The van der Waals surface area contributed by atoms with Crippen molar-refractivity contribution in [2.24, 2.45) is 0 Å². The monoisotopic (exact) mass is 254 g/mol. The van der Waals surface area contributed by atoms with Crippen molar-refractivity contribution in [3.05, 3.63) is 28.5 Å². The topological polar surface area (TPSA) is 53.4 Å². The molecule has 0 bridgehead atoms. The van der Waals surface area contributed by atoms with Gasteiger partial charge in [-0.05, 0) is 31.9 Å². The van der Waals surface area contributed by atoms with Gasteiger partial charge in [0.1, 0.15) is 5.15 Å². The molecule has 17 heavy (non-hydrogen) atoms. The standard InChI is InChI=1S/C12H15ClN2O2/c1-8-5-9(6-11(13)14-8)12(17)15-4-2-3-10(15)7-16/h5-6,10,16H,2-4,7H2,1H3/t10-/m1/s1. The molecule has 0 aliphatic carbocycles. The third-order valence-electron chi connectivity index (χ3n) is 3.02. The van der Waals surface area contributed by atoms with E-state index in [2.05, 4.69) is 4.98 Å². The number of nitrogens with zero attached hydrogens (tertiary/aromatic N) is 2. The summed E-state index contributed by atoms with van der Waals surface area (Å²) in [6.07, 6.45) is 1.80. The van der Waals surface area contributed by atoms with Gasteiger partial charge in [0.05, 0.1) is 12.6 Å². The zero-order valence-corrected chi connectivity index (χ0v) is 10.4. The fourth-order valence-corrected chi connectivity index (χ4v) is 2.46. The first-order valence-corrected chi connectivity index (χ1v) is 6.05. The maximum Gasteiger partial charge on any atom is 0.254 e. The summed E-state index contributed by atoms with van der Waals surface area (Å²) in [5.41, 5.74) is 1.27. The first-order chi connectivity index (χ1) is 8.11. The Morgan fingerprint density at radius 2 is 2.41 bits per heavy atom. The average Bonchev–Trinajstić information content (AvgIpc) is 2.74. The number of halogens is 1. The van der Waals surface area contributed by atoms with Crippen molar-refractivity contribution in [1.82, 2.24) is 9.88 Å². The molecule has 1 aliphatic heterocycles. The minimum atomic E-state index is -0.0750. The molecular weight excluding hydrogens is 240 g/mol. The number of hydrogen-bond donors (Lipinski definition) is 1. The summed E-state index contributed by atoms with van der Waals surface area (Å²) < 4.78 is 0. The minimum absolute atomic E-state index is 0.0174. The summed E-state index contributed by atoms with van der Waals surface area (Å²) in [7, 11) is 0. The van der Waals surface area contributed by atoms with Crippen LogP contribution >= 0.6 is 11.6 Å². The second-order valence-electron chi connectivity index (χ2n) is 4.30. The first-order valence-electron chi connectivity index (χ1n) is 5.68. The summed E-state index contributed by atoms with van der Waals surface area (Å²) in [4.78, 5) is 18.0. The van der Waals surface area contributed by atoms with Crippen molar-refractivity contribution in [2.75, 3.05) is 13.2 Å². The molecule has 5 heteroatoms. The molecule has 1 N–H and O–H groups in total. The molecule has 2 rings (SSSR count). The first kappa shape index (κ1) is 12.3. The number of aryl methyl sites for hydroxylation is 1. The smallest absolute Gasteiger partial charge is 0.254 e. The molecule has 0 spiro atoms. The number of aromatic nitrogens is 1. The van der Waals surface area contributed by atoms with Crippen LogP contribution in [0.5, 0.6) is 0 Å². The number of likely N-dealkylation sites (tertiary alicyclic amines) is 1. The van der Waals surface area contributed by atoms with Crippen LogP contribution in [0.1, 0.15) is 28.9 Å². The number of rotatable bonds is 2. The number of aliphatic hydroxyl groups is 1. The molecule has 1 atom stereocenters. The summed E-state index contributed by atoms with van der Waals surface area (Å²) in [5.74, 6) is -0.0750. The van der Waals surface area contributed by atoms with E-state index in [-0.39, 0.29) is 18.6 Å². The second-order valence-corrected chi connectivity index (χ2v) is 4.68. The average molecular weight is 255 g/mol. The van der Waals surface area contributed by atoms with Gasteiger partial charge < -0.3 is 10.0 Å². The lowest BCUT2D eigenvalue weighted by Crippen LogP contribution is -2.37. The Kier molecular flexibility index (Phi) is 3.64. The molecule has 0 saturated carbocycles. The molecule has 1 fully saturated rings. The fraction of sp³-hybridized carbons (Fsp3) is 0.500. The molecule has 0 unspecified atom stereocenters. The second kappa shape index (κ2) is 5.02. The van der Waals surface area contributed by atoms with Gasteiger partial charge in [-0.3, -0.25) is 4.79 Å². The summed E-state index contributed by atoms with van der Waals surface area (Å²) in [6.45, 7) is 2.52. The number of amides is 1. The number of carbonyl (C=O) groups excluding carboxylic acids is 1. The summed E-state index contributed by atoms with van der Waals surface area (Å²) in [5, 5.41) is 9.54. The number of pyridine rings is 1. The van der Waals surface area contributed by atoms with E-state index in [4.69, 9.17) is 11.6 Å². The highest BCUT2D eigenvalue weighted by molar-refractivity contribution is 6.29. The zero-order valence-electron chi connectivity index (χ0n) is 9.69. The predicted molar refractivity (Wildman–Crippen MR) is 65.1 cm³/mol. The highest BCUT2D eigenvalue weighted by Crippen LogP contribution is 2.21. The lowest BCUT2D eigenvalue weighted by molar-refractivity contribution is 0.0677. The van der Waals surface area contributed by atoms with Crippen molar-refractivity contribution < 1.29 is 9.90 Å². The van der Waals surface area contributed by atoms with Crippen molar-refractivity contribution in [1.29, 1.82) is 0 Å². The fourth-order valence-electron chi connectivity index (χ4n) is 2.21. The van der Waals surface area contributed by atoms with Gasteiger partial charge >= 0.3 is 0 Å². The quantitative estimate of drug-likeness (QED) is 0.817. The van der Waals surface area contributed by atoms with Crippen LogP contribution in [-0.2, 0) is 0 Å². The molecule has 92 valence electrons. The molecule has 0 aromatic carbocycles. The number of hydrogen-bond acceptors (Lipinski definition) is 3. The number of carbonyl (C=O) groups is 1. The van der Waals surface area contributed by atoms with Crippen LogP contribution < -0.4 is 0 Å². The van der Waals surface area contributed by atoms with E-state index in [0.717, 1.165) is 18.5 Å². The highest BCUT2D eigenvalue weighted by Gasteiger charge is 2.28. The van der Waals surface area contributed by atoms with Crippen LogP contribution in [0.2, 0.25) is 5.15 Å². The Bertz CT molecular complexity index is 416. The van der Waals surface area contributed by atoms with E-state index >= 15 is 0 Å². The normalized spacial score (nSPS) is 19.7. The lowest BCUT2D eigenvalue weighted by atomic mass is 10.2. The molecule has 1 amide bonds. The van der Waals surface area contributed by atoms with Gasteiger partial charge in [0.2, 0.25) is 0 Å². The molecule has 1 aromatic rings. The Hall–Kier alpha value is -1.13. The SMILES string of the molecule is Cc1cc(C(=O)N2CCC[C@@H]2CO)cc(Cl)n1. The van der Waals surface area contributed by atoms with Gasteiger partial charge in [0.25, 0.3) is 5.91 Å². The molecule has 1 saturated heterocycles. The summed E-state index contributed by atoms with van der Waals surface area (Å²) in [6, 6.07) is 3.24. The molecule has 0 radical (unpaired) electrons. The van der Waals surface area contributed by atoms with Gasteiger partial charge in [-0.15, -0.1) is 0 Å². The maximum atomic E-state index is 12.2. The maximum absolute atomic E-state index is 12.2. The van der Waals surface area contributed by atoms with Gasteiger partial charge in [-0.1, -0.05) is 11.6 Å². The van der Waals surface area contributed by atoms with Gasteiger partial charge in [0, 0.05) is 17.8 Å².